The lowest BCUT2D eigenvalue weighted by Crippen LogP contribution is -2.54. The Bertz CT molecular complexity index is 463. The lowest BCUT2D eigenvalue weighted by atomic mass is 10.1. The van der Waals surface area contributed by atoms with Gasteiger partial charge < -0.3 is 18.8 Å². The minimum absolute atomic E-state index is 0.0819. The first-order valence-electron chi connectivity index (χ1n) is 10.2. The molecule has 2 atom stereocenters. The first kappa shape index (κ1) is 27.2. The Morgan fingerprint density at radius 3 is 1.67 bits per heavy atom. The topological polar surface area (TPSA) is 59.6 Å². The maximum absolute atomic E-state index is 12.8. The van der Waals surface area contributed by atoms with Crippen molar-refractivity contribution in [1.82, 2.24) is 9.96 Å². The molecule has 0 radical (unpaired) electrons. The predicted molar refractivity (Wildman–Crippen MR) is 129 cm³/mol. The van der Waals surface area contributed by atoms with Gasteiger partial charge in [0.05, 0.1) is 12.1 Å². The molecule has 0 fully saturated rings. The average Bonchev–Trinajstić information content (AvgIpc) is 2.34. The molecule has 0 aliphatic carbocycles. The highest BCUT2D eigenvalue weighted by molar-refractivity contribution is 6.74. The maximum atomic E-state index is 12.8. The van der Waals surface area contributed by atoms with Crippen LogP contribution in [0.5, 0.6) is 0 Å². The van der Waals surface area contributed by atoms with Gasteiger partial charge in [0, 0.05) is 6.54 Å². The van der Waals surface area contributed by atoms with Gasteiger partial charge in [-0.25, -0.2) is 0 Å². The van der Waals surface area contributed by atoms with E-state index >= 15 is 0 Å². The monoisotopic (exact) mass is 450 g/mol. The van der Waals surface area contributed by atoms with Crippen molar-refractivity contribution >= 4 is 39.1 Å². The molecule has 0 saturated carbocycles. The highest BCUT2D eigenvalue weighted by atomic mass is 28.4. The van der Waals surface area contributed by atoms with Crippen molar-refractivity contribution in [2.45, 2.75) is 104 Å². The summed E-state index contributed by atoms with van der Waals surface area (Å²) in [5.41, 5.74) is 0. The smallest absolute Gasteiger partial charge is 0.309 e. The summed E-state index contributed by atoms with van der Waals surface area (Å²) < 4.78 is 12.2. The summed E-state index contributed by atoms with van der Waals surface area (Å²) in [6, 6.07) is -0.233. The number of nitrogens with one attached hydrogen (secondary N) is 2. The van der Waals surface area contributed by atoms with Crippen LogP contribution >= 0.6 is 0 Å². The molecule has 5 nitrogen and oxygen atoms in total. The molecular formula is C18H46N2O3Si4. The molecule has 2 N–H and O–H groups in total. The van der Waals surface area contributed by atoms with Gasteiger partial charge >= 0.3 is 5.97 Å². The van der Waals surface area contributed by atoms with E-state index < -0.39 is 33.1 Å². The molecule has 2 unspecified atom stereocenters. The molecule has 0 bridgehead atoms. The van der Waals surface area contributed by atoms with E-state index in [4.69, 9.17) is 8.85 Å². The number of carbonyl (C=O) groups excluding carboxylic acids is 1. The molecule has 9 heteroatoms. The Morgan fingerprint density at radius 1 is 0.778 bits per heavy atom. The standard InChI is InChI=1S/C18H46N2O3Si4/c1-24(2,3)19-15-16(22-26(7,8)9)13-14-17(20-25(4,5)6)18(21)23-27(10,11)12/h16-17,19-20H,13-15H2,1-12H3. The number of hydrogen-bond acceptors (Lipinski definition) is 5. The van der Waals surface area contributed by atoms with E-state index in [0.717, 1.165) is 19.4 Å². The molecule has 0 aliphatic rings. The van der Waals surface area contributed by atoms with Crippen LogP contribution in [-0.4, -0.2) is 57.8 Å². The Labute approximate surface area is 172 Å². The third-order valence-corrected chi connectivity index (χ3v) is 7.79. The molecule has 0 spiro atoms. The second-order valence-electron chi connectivity index (χ2n) is 11.5. The number of rotatable bonds is 12. The molecule has 0 aromatic heterocycles. The minimum Gasteiger partial charge on any atom is -0.519 e. The summed E-state index contributed by atoms with van der Waals surface area (Å²) >= 11 is 0. The Balaban J connectivity index is 5.12. The lowest BCUT2D eigenvalue weighted by Gasteiger charge is -2.32. The van der Waals surface area contributed by atoms with Crippen molar-refractivity contribution in [1.29, 1.82) is 0 Å². The van der Waals surface area contributed by atoms with Crippen LogP contribution in [0.1, 0.15) is 12.8 Å². The van der Waals surface area contributed by atoms with Crippen LogP contribution in [0.3, 0.4) is 0 Å². The minimum atomic E-state index is -1.90. The molecule has 0 rings (SSSR count). The fourth-order valence-corrected chi connectivity index (χ4v) is 6.71. The van der Waals surface area contributed by atoms with Crippen LogP contribution in [0.4, 0.5) is 0 Å². The van der Waals surface area contributed by atoms with Gasteiger partial charge in [0.1, 0.15) is 16.5 Å². The van der Waals surface area contributed by atoms with E-state index in [1.54, 1.807) is 0 Å². The van der Waals surface area contributed by atoms with Crippen LogP contribution in [0, 0.1) is 0 Å². The fourth-order valence-electron chi connectivity index (χ4n) is 2.62. The van der Waals surface area contributed by atoms with Crippen LogP contribution in [-0.2, 0) is 13.6 Å². The molecule has 0 aromatic rings. The van der Waals surface area contributed by atoms with Crippen molar-refractivity contribution in [3.05, 3.63) is 0 Å². The van der Waals surface area contributed by atoms with Crippen molar-refractivity contribution in [3.8, 4) is 0 Å². The third kappa shape index (κ3) is 16.8. The lowest BCUT2D eigenvalue weighted by molar-refractivity contribution is -0.137. The quantitative estimate of drug-likeness (QED) is 0.426. The average molecular weight is 451 g/mol. The van der Waals surface area contributed by atoms with E-state index in [2.05, 4.69) is 88.5 Å². The molecule has 0 aliphatic heterocycles. The predicted octanol–water partition coefficient (Wildman–Crippen LogP) is 4.58. The zero-order valence-electron chi connectivity index (χ0n) is 20.0. The first-order valence-corrected chi connectivity index (χ1v) is 24.0. The van der Waals surface area contributed by atoms with E-state index in [1.807, 2.05) is 0 Å². The van der Waals surface area contributed by atoms with Crippen LogP contribution in [0.2, 0.25) is 78.6 Å². The summed E-state index contributed by atoms with van der Waals surface area (Å²) in [5.74, 6) is -0.0819. The van der Waals surface area contributed by atoms with Gasteiger partial charge in [-0.15, -0.1) is 0 Å². The summed E-state index contributed by atoms with van der Waals surface area (Å²) in [5, 5.41) is 0. The van der Waals surface area contributed by atoms with E-state index in [0.29, 0.717) is 0 Å². The molecule has 27 heavy (non-hydrogen) atoms. The van der Waals surface area contributed by atoms with Crippen LogP contribution in [0.25, 0.3) is 0 Å². The fraction of sp³-hybridized carbons (Fsp3) is 0.944. The van der Waals surface area contributed by atoms with Gasteiger partial charge in [0.25, 0.3) is 0 Å². The highest BCUT2D eigenvalue weighted by Gasteiger charge is 2.31. The van der Waals surface area contributed by atoms with Crippen LogP contribution < -0.4 is 9.96 Å². The first-order chi connectivity index (χ1) is 11.8. The summed E-state index contributed by atoms with van der Waals surface area (Å²) in [4.78, 5) is 20.1. The summed E-state index contributed by atoms with van der Waals surface area (Å²) in [7, 11) is -6.50. The normalized spacial score (nSPS) is 16.1. The second kappa shape index (κ2) is 10.3. The van der Waals surface area contributed by atoms with Gasteiger partial charge in [-0.2, -0.15) is 0 Å². The SMILES string of the molecule is C[Si](C)(C)NCC(CCC(N[Si](C)(C)C)C(=O)O[Si](C)(C)C)O[Si](C)(C)C. The second-order valence-corrected chi connectivity index (χ2v) is 30.1. The zero-order chi connectivity index (χ0) is 21.7. The Morgan fingerprint density at radius 2 is 1.30 bits per heavy atom. The summed E-state index contributed by atoms with van der Waals surface area (Å²) in [6.07, 6.45) is 1.77. The zero-order valence-corrected chi connectivity index (χ0v) is 24.0. The largest absolute Gasteiger partial charge is 0.519 e. The molecule has 162 valence electrons. The van der Waals surface area contributed by atoms with Gasteiger partial charge in [0.2, 0.25) is 8.32 Å². The van der Waals surface area contributed by atoms with Gasteiger partial charge in [-0.1, -0.05) is 39.3 Å². The highest BCUT2D eigenvalue weighted by Crippen LogP contribution is 2.16. The van der Waals surface area contributed by atoms with Gasteiger partial charge in [-0.3, -0.25) is 4.79 Å². The Hall–Kier alpha value is 0.218. The van der Waals surface area contributed by atoms with Gasteiger partial charge in [0.15, 0.2) is 8.32 Å². The van der Waals surface area contributed by atoms with Crippen molar-refractivity contribution < 1.29 is 13.6 Å². The van der Waals surface area contributed by atoms with E-state index in [1.165, 1.54) is 0 Å². The molecule has 0 amide bonds. The van der Waals surface area contributed by atoms with Crippen molar-refractivity contribution in [2.24, 2.45) is 0 Å². The van der Waals surface area contributed by atoms with Crippen molar-refractivity contribution in [3.63, 3.8) is 0 Å². The van der Waals surface area contributed by atoms with Gasteiger partial charge in [-0.05, 0) is 52.1 Å². The molecular weight excluding hydrogens is 405 g/mol. The summed E-state index contributed by atoms with van der Waals surface area (Å²) in [6.45, 7) is 27.3. The number of hydrogen-bond donors (Lipinski definition) is 2. The number of carbonyl (C=O) groups is 1. The maximum Gasteiger partial charge on any atom is 0.309 e. The molecule has 0 saturated heterocycles. The Kier molecular flexibility index (Phi) is 10.4. The van der Waals surface area contributed by atoms with E-state index in [-0.39, 0.29) is 18.1 Å². The van der Waals surface area contributed by atoms with E-state index in [9.17, 15) is 4.79 Å². The molecule has 0 heterocycles. The van der Waals surface area contributed by atoms with Crippen molar-refractivity contribution in [2.75, 3.05) is 6.54 Å². The van der Waals surface area contributed by atoms with Crippen LogP contribution in [0.15, 0.2) is 0 Å². The third-order valence-electron chi connectivity index (χ3n) is 3.46. The molecule has 0 aromatic carbocycles.